The Balaban J connectivity index is 2.68. The number of methoxy groups -OCH3 is 1. The predicted octanol–water partition coefficient (Wildman–Crippen LogP) is 1.78. The van der Waals surface area contributed by atoms with Crippen molar-refractivity contribution in [3.63, 3.8) is 0 Å². The summed E-state index contributed by atoms with van der Waals surface area (Å²) in [5.41, 5.74) is 0.896. The maximum absolute atomic E-state index is 11.1. The van der Waals surface area contributed by atoms with Crippen molar-refractivity contribution in [1.29, 1.82) is 5.26 Å². The summed E-state index contributed by atoms with van der Waals surface area (Å²) in [5, 5.41) is 8.83. The molecule has 18 heavy (non-hydrogen) atoms. The van der Waals surface area contributed by atoms with Crippen molar-refractivity contribution in [2.24, 2.45) is 0 Å². The molecule has 0 aliphatic carbocycles. The van der Waals surface area contributed by atoms with Crippen molar-refractivity contribution in [2.45, 2.75) is 0 Å². The number of benzene rings is 1. The van der Waals surface area contributed by atoms with Gasteiger partial charge >= 0.3 is 0 Å². The predicted molar refractivity (Wildman–Crippen MR) is 68.5 cm³/mol. The molecule has 1 heterocycles. The van der Waals surface area contributed by atoms with Crippen LogP contribution >= 0.6 is 12.2 Å². The lowest BCUT2D eigenvalue weighted by Crippen LogP contribution is -2.10. The molecule has 2 rings (SSSR count). The number of nitrogens with one attached hydrogen (secondary N) is 1. The molecule has 0 amide bonds. The highest BCUT2D eigenvalue weighted by Crippen LogP contribution is 2.23. The van der Waals surface area contributed by atoms with Crippen LogP contribution in [0.15, 0.2) is 35.3 Å². The lowest BCUT2D eigenvalue weighted by molar-refractivity contribution is 0.412. The zero-order chi connectivity index (χ0) is 13.1. The van der Waals surface area contributed by atoms with Crippen LogP contribution in [0.2, 0.25) is 0 Å². The highest BCUT2D eigenvalue weighted by Gasteiger charge is 2.07. The fraction of sp³-hybridized carbons (Fsp3) is 0.0833. The number of nitrogens with zero attached hydrogens (tertiary/aromatic N) is 2. The summed E-state index contributed by atoms with van der Waals surface area (Å²) in [7, 11) is 1.51. The molecule has 0 bridgehead atoms. The molecule has 1 N–H and O–H groups in total. The van der Waals surface area contributed by atoms with E-state index in [1.165, 1.54) is 13.2 Å². The van der Waals surface area contributed by atoms with Crippen LogP contribution in [0.1, 0.15) is 5.56 Å². The lowest BCUT2D eigenvalue weighted by atomic mass is 10.2. The van der Waals surface area contributed by atoms with E-state index in [1.54, 1.807) is 29.0 Å². The third-order valence-corrected chi connectivity index (χ3v) is 2.69. The van der Waals surface area contributed by atoms with Crippen LogP contribution in [0.4, 0.5) is 0 Å². The van der Waals surface area contributed by atoms with Gasteiger partial charge in [0.1, 0.15) is 5.75 Å². The van der Waals surface area contributed by atoms with Crippen LogP contribution in [0.3, 0.4) is 0 Å². The molecule has 0 spiro atoms. The van der Waals surface area contributed by atoms with Gasteiger partial charge in [0.15, 0.2) is 4.77 Å². The summed E-state index contributed by atoms with van der Waals surface area (Å²) >= 11 is 5.08. The van der Waals surface area contributed by atoms with Crippen LogP contribution < -0.4 is 10.3 Å². The molecule has 6 heteroatoms. The summed E-state index contributed by atoms with van der Waals surface area (Å²) in [6.07, 6.45) is 1.56. The highest BCUT2D eigenvalue weighted by atomic mass is 32.1. The first-order valence-corrected chi connectivity index (χ1v) is 5.47. The number of nitriles is 1. The van der Waals surface area contributed by atoms with E-state index < -0.39 is 0 Å². The molecule has 0 atom stereocenters. The third kappa shape index (κ3) is 2.17. The maximum Gasteiger partial charge on any atom is 0.251 e. The highest BCUT2D eigenvalue weighted by molar-refractivity contribution is 7.71. The average Bonchev–Trinajstić information content (AvgIpc) is 2.38. The Morgan fingerprint density at radius 1 is 1.44 bits per heavy atom. The number of rotatable bonds is 2. The van der Waals surface area contributed by atoms with E-state index in [1.807, 2.05) is 6.07 Å². The van der Waals surface area contributed by atoms with Gasteiger partial charge in [-0.15, -0.1) is 0 Å². The van der Waals surface area contributed by atoms with Crippen molar-refractivity contribution in [1.82, 2.24) is 9.55 Å². The second-order valence-corrected chi connectivity index (χ2v) is 3.87. The summed E-state index contributed by atoms with van der Waals surface area (Å²) in [6, 6.07) is 8.38. The van der Waals surface area contributed by atoms with E-state index >= 15 is 0 Å². The number of hydrogen-bond donors (Lipinski definition) is 1. The molecule has 0 aliphatic heterocycles. The number of hydrogen-bond acceptors (Lipinski definition) is 4. The van der Waals surface area contributed by atoms with E-state index in [2.05, 4.69) is 4.98 Å². The number of ether oxygens (including phenoxy) is 1. The second-order valence-electron chi connectivity index (χ2n) is 3.48. The molecular weight excluding hydrogens is 250 g/mol. The maximum atomic E-state index is 11.1. The Morgan fingerprint density at radius 2 is 2.22 bits per heavy atom. The molecule has 0 aliphatic rings. The van der Waals surface area contributed by atoms with E-state index in [-0.39, 0.29) is 10.3 Å². The van der Waals surface area contributed by atoms with Crippen molar-refractivity contribution < 1.29 is 4.74 Å². The summed E-state index contributed by atoms with van der Waals surface area (Å²) in [4.78, 5) is 13.6. The molecular formula is C12H9N3O2S. The minimum atomic E-state index is -0.260. The lowest BCUT2D eigenvalue weighted by Gasteiger charge is -2.11. The van der Waals surface area contributed by atoms with E-state index in [9.17, 15) is 4.79 Å². The molecule has 0 saturated carbocycles. The Hall–Kier alpha value is -2.39. The fourth-order valence-corrected chi connectivity index (χ4v) is 1.81. The van der Waals surface area contributed by atoms with Crippen molar-refractivity contribution in [3.8, 4) is 17.5 Å². The van der Waals surface area contributed by atoms with E-state index in [0.29, 0.717) is 17.0 Å². The molecule has 0 fully saturated rings. The molecule has 0 radical (unpaired) electrons. The monoisotopic (exact) mass is 259 g/mol. The zero-order valence-electron chi connectivity index (χ0n) is 9.51. The molecule has 0 unspecified atom stereocenters. The van der Waals surface area contributed by atoms with Crippen LogP contribution in [0, 0.1) is 16.1 Å². The van der Waals surface area contributed by atoms with Gasteiger partial charge in [0, 0.05) is 18.3 Å². The van der Waals surface area contributed by atoms with Gasteiger partial charge in [-0.1, -0.05) is 0 Å². The van der Waals surface area contributed by atoms with Gasteiger partial charge in [-0.25, -0.2) is 0 Å². The van der Waals surface area contributed by atoms with Crippen molar-refractivity contribution in [2.75, 3.05) is 7.11 Å². The molecule has 1 aromatic heterocycles. The van der Waals surface area contributed by atoms with E-state index in [0.717, 1.165) is 0 Å². The topological polar surface area (TPSA) is 70.8 Å². The van der Waals surface area contributed by atoms with Crippen LogP contribution in [-0.4, -0.2) is 16.7 Å². The SMILES string of the molecule is COc1cc(C#N)ccc1-n1ccc(=O)[nH]c1=S. The Bertz CT molecular complexity index is 740. The van der Waals surface area contributed by atoms with Gasteiger partial charge in [-0.05, 0) is 24.4 Å². The zero-order valence-corrected chi connectivity index (χ0v) is 10.3. The first kappa shape index (κ1) is 12.1. The van der Waals surface area contributed by atoms with Gasteiger partial charge in [-0.2, -0.15) is 5.26 Å². The molecule has 0 saturated heterocycles. The smallest absolute Gasteiger partial charge is 0.251 e. The van der Waals surface area contributed by atoms with E-state index in [4.69, 9.17) is 22.2 Å². The summed E-state index contributed by atoms with van der Waals surface area (Å²) < 4.78 is 7.09. The first-order chi connectivity index (χ1) is 8.65. The van der Waals surface area contributed by atoms with Gasteiger partial charge in [0.2, 0.25) is 0 Å². The van der Waals surface area contributed by atoms with Gasteiger partial charge in [0.05, 0.1) is 24.4 Å². The minimum absolute atomic E-state index is 0.260. The van der Waals surface area contributed by atoms with Gasteiger partial charge in [0.25, 0.3) is 5.56 Å². The van der Waals surface area contributed by atoms with Gasteiger partial charge < -0.3 is 4.74 Å². The first-order valence-electron chi connectivity index (χ1n) is 5.06. The summed E-state index contributed by atoms with van der Waals surface area (Å²) in [6.45, 7) is 0. The minimum Gasteiger partial charge on any atom is -0.495 e. The number of aromatic nitrogens is 2. The average molecular weight is 259 g/mol. The van der Waals surface area contributed by atoms with Crippen molar-refractivity contribution in [3.05, 3.63) is 51.2 Å². The van der Waals surface area contributed by atoms with Crippen LogP contribution in [-0.2, 0) is 0 Å². The largest absolute Gasteiger partial charge is 0.495 e. The molecule has 90 valence electrons. The summed E-state index contributed by atoms with van der Waals surface area (Å²) in [5.74, 6) is 0.511. The Labute approximate surface area is 108 Å². The molecule has 1 aromatic carbocycles. The molecule has 2 aromatic rings. The Morgan fingerprint density at radius 3 is 2.83 bits per heavy atom. The van der Waals surface area contributed by atoms with Gasteiger partial charge in [-0.3, -0.25) is 14.3 Å². The number of aromatic amines is 1. The Kier molecular flexibility index (Phi) is 3.26. The van der Waals surface area contributed by atoms with Crippen LogP contribution in [0.5, 0.6) is 5.75 Å². The normalized spacial score (nSPS) is 9.78. The van der Waals surface area contributed by atoms with Crippen LogP contribution in [0.25, 0.3) is 5.69 Å². The standard InChI is InChI=1S/C12H9N3O2S/c1-17-10-6-8(7-13)2-3-9(10)15-5-4-11(16)14-12(15)18/h2-6H,1H3,(H,14,16,18). The third-order valence-electron chi connectivity index (χ3n) is 2.39. The fourth-order valence-electron chi connectivity index (χ4n) is 1.55. The quantitative estimate of drug-likeness (QED) is 0.834. The number of H-pyrrole nitrogens is 1. The molecule has 5 nitrogen and oxygen atoms in total. The second kappa shape index (κ2) is 4.85. The van der Waals surface area contributed by atoms with Crippen molar-refractivity contribution >= 4 is 12.2 Å².